The van der Waals surface area contributed by atoms with Crippen LogP contribution in [0.2, 0.25) is 0 Å². The van der Waals surface area contributed by atoms with Gasteiger partial charge in [0.05, 0.1) is 6.04 Å². The van der Waals surface area contributed by atoms with Crippen molar-refractivity contribution in [3.63, 3.8) is 0 Å². The number of carbonyl (C=O) groups excluding carboxylic acids is 1. The van der Waals surface area contributed by atoms with Crippen molar-refractivity contribution in [2.75, 3.05) is 0 Å². The molecule has 136 valence electrons. The normalized spacial score (nSPS) is 19.7. The van der Waals surface area contributed by atoms with Gasteiger partial charge in [0.2, 0.25) is 5.91 Å². The lowest BCUT2D eigenvalue weighted by molar-refractivity contribution is -0.286. The van der Waals surface area contributed by atoms with E-state index in [0.29, 0.717) is 6.42 Å². The summed E-state index contributed by atoms with van der Waals surface area (Å²) in [5.41, 5.74) is 3.66. The molecule has 0 fully saturated rings. The number of pyridine rings is 1. The minimum Gasteiger partial charge on any atom is -0.395 e. The van der Waals surface area contributed by atoms with Gasteiger partial charge in [0, 0.05) is 24.4 Å². The van der Waals surface area contributed by atoms with Gasteiger partial charge in [-0.2, -0.15) is 0 Å². The van der Waals surface area contributed by atoms with Crippen LogP contribution in [0.3, 0.4) is 0 Å². The van der Waals surface area contributed by atoms with Crippen LogP contribution in [0.4, 0.5) is 8.78 Å². The molecule has 0 radical (unpaired) electrons. The molecule has 0 unspecified atom stereocenters. The van der Waals surface area contributed by atoms with Crippen molar-refractivity contribution in [1.29, 1.82) is 0 Å². The first-order valence-electron chi connectivity index (χ1n) is 8.63. The quantitative estimate of drug-likeness (QED) is 0.900. The highest BCUT2D eigenvalue weighted by Gasteiger charge is 2.43. The summed E-state index contributed by atoms with van der Waals surface area (Å²) in [6.07, 6.45) is 2.92. The third kappa shape index (κ3) is 2.98. The highest BCUT2D eigenvalue weighted by Crippen LogP contribution is 2.44. The van der Waals surface area contributed by atoms with E-state index in [9.17, 15) is 13.6 Å². The van der Waals surface area contributed by atoms with Crippen LogP contribution in [0, 0.1) is 0 Å². The number of nitrogens with zero attached hydrogens (tertiary/aromatic N) is 1. The Bertz CT molecular complexity index is 870. The van der Waals surface area contributed by atoms with Crippen LogP contribution < -0.4 is 14.8 Å². The van der Waals surface area contributed by atoms with E-state index >= 15 is 0 Å². The van der Waals surface area contributed by atoms with Crippen molar-refractivity contribution in [3.8, 4) is 22.6 Å². The number of hydrogen-bond acceptors (Lipinski definition) is 4. The van der Waals surface area contributed by atoms with E-state index < -0.39 is 6.29 Å². The van der Waals surface area contributed by atoms with E-state index in [1.54, 1.807) is 24.5 Å². The van der Waals surface area contributed by atoms with Crippen LogP contribution in [0.1, 0.15) is 43.4 Å². The molecule has 2 heterocycles. The van der Waals surface area contributed by atoms with Gasteiger partial charge in [-0.1, -0.05) is 13.0 Å². The SMILES string of the molecule is CCC(=O)N[C@@H]1CCCc2c(-c3ccc4c(c3)OC(F)(F)O4)cncc21. The van der Waals surface area contributed by atoms with Crippen molar-refractivity contribution in [3.05, 3.63) is 41.7 Å². The van der Waals surface area contributed by atoms with Crippen molar-refractivity contribution < 1.29 is 23.0 Å². The molecule has 1 amide bonds. The Morgan fingerprint density at radius 1 is 1.31 bits per heavy atom. The molecule has 1 aliphatic heterocycles. The standard InChI is InChI=1S/C19H18F2N2O3/c1-2-18(24)23-15-5-3-4-12-13(9-22-10-14(12)15)11-6-7-16-17(8-11)26-19(20,21)25-16/h6-10,15H,2-5H2,1H3,(H,23,24)/t15-/m1/s1. The summed E-state index contributed by atoms with van der Waals surface area (Å²) >= 11 is 0. The number of fused-ring (bicyclic) bond motifs is 2. The van der Waals surface area contributed by atoms with Gasteiger partial charge in [0.15, 0.2) is 11.5 Å². The van der Waals surface area contributed by atoms with Crippen molar-refractivity contribution in [2.24, 2.45) is 0 Å². The highest BCUT2D eigenvalue weighted by molar-refractivity contribution is 5.77. The number of alkyl halides is 2. The van der Waals surface area contributed by atoms with Gasteiger partial charge < -0.3 is 14.8 Å². The number of hydrogen-bond donors (Lipinski definition) is 1. The molecule has 1 aromatic carbocycles. The Morgan fingerprint density at radius 3 is 2.92 bits per heavy atom. The maximum atomic E-state index is 13.3. The number of nitrogens with one attached hydrogen (secondary N) is 1. The molecule has 0 bridgehead atoms. The molecule has 5 nitrogen and oxygen atoms in total. The van der Waals surface area contributed by atoms with Crippen LogP contribution in [-0.2, 0) is 11.2 Å². The van der Waals surface area contributed by atoms with E-state index in [2.05, 4.69) is 19.8 Å². The number of carbonyl (C=O) groups is 1. The largest absolute Gasteiger partial charge is 0.586 e. The summed E-state index contributed by atoms with van der Waals surface area (Å²) < 4.78 is 35.5. The highest BCUT2D eigenvalue weighted by atomic mass is 19.3. The van der Waals surface area contributed by atoms with Crippen LogP contribution in [0.5, 0.6) is 11.5 Å². The average Bonchev–Trinajstić information content (AvgIpc) is 2.94. The zero-order chi connectivity index (χ0) is 18.3. The van der Waals surface area contributed by atoms with Crippen molar-refractivity contribution >= 4 is 5.91 Å². The van der Waals surface area contributed by atoms with Crippen molar-refractivity contribution in [2.45, 2.75) is 44.9 Å². The molecule has 1 aliphatic carbocycles. The molecule has 7 heteroatoms. The Morgan fingerprint density at radius 2 is 2.12 bits per heavy atom. The fraction of sp³-hybridized carbons (Fsp3) is 0.368. The second-order valence-corrected chi connectivity index (χ2v) is 6.45. The molecule has 0 saturated carbocycles. The fourth-order valence-corrected chi connectivity index (χ4v) is 3.53. The first-order valence-corrected chi connectivity index (χ1v) is 8.63. The summed E-state index contributed by atoms with van der Waals surface area (Å²) in [7, 11) is 0. The number of benzene rings is 1. The number of amides is 1. The second-order valence-electron chi connectivity index (χ2n) is 6.45. The molecule has 1 aromatic heterocycles. The van der Waals surface area contributed by atoms with Gasteiger partial charge in [-0.3, -0.25) is 9.78 Å². The molecule has 2 aromatic rings. The van der Waals surface area contributed by atoms with Gasteiger partial charge in [-0.05, 0) is 48.1 Å². The average molecular weight is 360 g/mol. The zero-order valence-corrected chi connectivity index (χ0v) is 14.2. The summed E-state index contributed by atoms with van der Waals surface area (Å²) in [5.74, 6) is 0.0277. The predicted molar refractivity (Wildman–Crippen MR) is 90.0 cm³/mol. The third-order valence-corrected chi connectivity index (χ3v) is 4.75. The molecule has 1 N–H and O–H groups in total. The predicted octanol–water partition coefficient (Wildman–Crippen LogP) is 3.97. The molecule has 1 atom stereocenters. The molecular weight excluding hydrogens is 342 g/mol. The minimum atomic E-state index is -3.63. The maximum absolute atomic E-state index is 13.3. The van der Waals surface area contributed by atoms with Gasteiger partial charge >= 0.3 is 6.29 Å². The molecular formula is C19H18F2N2O3. The first-order chi connectivity index (χ1) is 12.5. The lowest BCUT2D eigenvalue weighted by Gasteiger charge is -2.27. The van der Waals surface area contributed by atoms with E-state index in [1.165, 1.54) is 6.07 Å². The summed E-state index contributed by atoms with van der Waals surface area (Å²) in [5, 5.41) is 3.03. The first kappa shape index (κ1) is 16.8. The monoisotopic (exact) mass is 360 g/mol. The van der Waals surface area contributed by atoms with Gasteiger partial charge in [-0.25, -0.2) is 0 Å². The number of ether oxygens (including phenoxy) is 2. The maximum Gasteiger partial charge on any atom is 0.586 e. The zero-order valence-electron chi connectivity index (χ0n) is 14.2. The van der Waals surface area contributed by atoms with Crippen LogP contribution in [0.25, 0.3) is 11.1 Å². The van der Waals surface area contributed by atoms with Gasteiger partial charge in [0.1, 0.15) is 0 Å². The number of aromatic nitrogens is 1. The van der Waals surface area contributed by atoms with E-state index in [-0.39, 0.29) is 23.4 Å². The fourth-order valence-electron chi connectivity index (χ4n) is 3.53. The second kappa shape index (κ2) is 6.23. The Balaban J connectivity index is 1.71. The van der Waals surface area contributed by atoms with E-state index in [1.807, 2.05) is 6.92 Å². The molecule has 26 heavy (non-hydrogen) atoms. The number of rotatable bonds is 3. The smallest absolute Gasteiger partial charge is 0.395 e. The van der Waals surface area contributed by atoms with Crippen LogP contribution in [0.15, 0.2) is 30.6 Å². The molecule has 0 spiro atoms. The lowest BCUT2D eigenvalue weighted by atomic mass is 9.84. The third-order valence-electron chi connectivity index (χ3n) is 4.75. The molecule has 4 rings (SSSR count). The lowest BCUT2D eigenvalue weighted by Crippen LogP contribution is -2.30. The van der Waals surface area contributed by atoms with Gasteiger partial charge in [-0.15, -0.1) is 8.78 Å². The minimum absolute atomic E-state index is 0.00133. The molecule has 0 saturated heterocycles. The summed E-state index contributed by atoms with van der Waals surface area (Å²) in [6.45, 7) is 1.82. The Labute approximate surface area is 149 Å². The Hall–Kier alpha value is -2.70. The van der Waals surface area contributed by atoms with E-state index in [0.717, 1.165) is 41.5 Å². The van der Waals surface area contributed by atoms with Gasteiger partial charge in [0.25, 0.3) is 0 Å². The van der Waals surface area contributed by atoms with Crippen LogP contribution >= 0.6 is 0 Å². The summed E-state index contributed by atoms with van der Waals surface area (Å²) in [4.78, 5) is 16.1. The number of halogens is 2. The van der Waals surface area contributed by atoms with Crippen LogP contribution in [-0.4, -0.2) is 17.2 Å². The topological polar surface area (TPSA) is 60.5 Å². The van der Waals surface area contributed by atoms with E-state index in [4.69, 9.17) is 0 Å². The molecule has 2 aliphatic rings. The van der Waals surface area contributed by atoms with Crippen molar-refractivity contribution in [1.82, 2.24) is 10.3 Å². The Kier molecular flexibility index (Phi) is 4.01. The summed E-state index contributed by atoms with van der Waals surface area (Å²) in [6, 6.07) is 4.66.